The molecule has 0 aliphatic heterocycles. The van der Waals surface area contributed by atoms with E-state index in [2.05, 4.69) is 20.9 Å². The molecule has 16 nitrogen and oxygen atoms in total. The number of halogens is 1. The summed E-state index contributed by atoms with van der Waals surface area (Å²) in [7, 11) is 0. The van der Waals surface area contributed by atoms with Crippen LogP contribution in [0.3, 0.4) is 0 Å². The van der Waals surface area contributed by atoms with Gasteiger partial charge in [-0.05, 0) is 60.0 Å². The molecule has 0 heterocycles. The van der Waals surface area contributed by atoms with Crippen LogP contribution in [0.4, 0.5) is 0 Å². The van der Waals surface area contributed by atoms with Crippen molar-refractivity contribution in [1.82, 2.24) is 31.9 Å². The summed E-state index contributed by atoms with van der Waals surface area (Å²) in [6.45, 7) is 4.94. The number of amides is 5. The van der Waals surface area contributed by atoms with E-state index in [1.165, 1.54) is 17.9 Å². The Bertz CT molecular complexity index is 1760. The van der Waals surface area contributed by atoms with Crippen LogP contribution >= 0.6 is 11.8 Å². The minimum atomic E-state index is -0.813. The molecule has 0 saturated heterocycles. The average molecular weight is 809 g/mol. The minimum Gasteiger partial charge on any atom is -0.484 e. The van der Waals surface area contributed by atoms with E-state index in [1.54, 1.807) is 36.4 Å². The Kier molecular flexibility index (Phi) is 22.8. The van der Waals surface area contributed by atoms with Gasteiger partial charge in [0.1, 0.15) is 29.6 Å². The van der Waals surface area contributed by atoms with E-state index in [4.69, 9.17) is 36.5 Å². The molecular formula is C40H49ClN6O10. The molecule has 3 unspecified atom stereocenters. The summed E-state index contributed by atoms with van der Waals surface area (Å²) >= 11 is 5.21. The van der Waals surface area contributed by atoms with Gasteiger partial charge in [-0.3, -0.25) is 39.2 Å². The molecule has 0 saturated carbocycles. The third-order valence-corrected chi connectivity index (χ3v) is 7.71. The van der Waals surface area contributed by atoms with Gasteiger partial charge < -0.3 is 20.1 Å². The standard InChI is InChI=1S/C24H24N2O4.C11H14N2O4.C5H11ClN2O2/c27-23(18-29-21-14-8-3-9-15-21)25-22(16-19-10-4-1-5-11-19)24(28)26-30-17-20-12-6-2-7-13-20;1-8(11(15)13-16)12-10(14)7-17-9-5-3-2-4-6-9;1-3(2)4(7-6)5(9)8-10/h1-15,22H,16-18H2,(H,25,27)(H,26,28);2-6,8,16H,7H2,1H3,(H,12,14)(H,13,15);3-4,7,10H,1-2H3,(H,8,9). The van der Waals surface area contributed by atoms with Gasteiger partial charge >= 0.3 is 0 Å². The van der Waals surface area contributed by atoms with Gasteiger partial charge in [-0.15, -0.1) is 0 Å². The van der Waals surface area contributed by atoms with Gasteiger partial charge in [-0.2, -0.15) is 0 Å². The fourth-order valence-electron chi connectivity index (χ4n) is 4.46. The summed E-state index contributed by atoms with van der Waals surface area (Å²) in [4.78, 5) is 65.5. The van der Waals surface area contributed by atoms with Crippen LogP contribution < -0.4 is 41.4 Å². The Morgan fingerprint density at radius 1 is 0.596 bits per heavy atom. The van der Waals surface area contributed by atoms with Gasteiger partial charge in [0.25, 0.3) is 29.5 Å². The van der Waals surface area contributed by atoms with Gasteiger partial charge in [0.05, 0.1) is 6.61 Å². The quantitative estimate of drug-likeness (QED) is 0.0413. The molecule has 8 N–H and O–H groups in total. The maximum absolute atomic E-state index is 12.7. The highest BCUT2D eigenvalue weighted by Crippen LogP contribution is 2.09. The number of carbonyl (C=O) groups excluding carboxylic acids is 5. The summed E-state index contributed by atoms with van der Waals surface area (Å²) < 4.78 is 10.6. The predicted molar refractivity (Wildman–Crippen MR) is 210 cm³/mol. The van der Waals surface area contributed by atoms with Crippen LogP contribution in [0.25, 0.3) is 0 Å². The zero-order valence-corrected chi connectivity index (χ0v) is 32.5. The molecule has 306 valence electrons. The molecule has 0 aromatic heterocycles. The van der Waals surface area contributed by atoms with E-state index in [0.717, 1.165) is 11.1 Å². The second kappa shape index (κ2) is 27.5. The largest absolute Gasteiger partial charge is 0.484 e. The second-order valence-corrected chi connectivity index (χ2v) is 12.5. The Balaban J connectivity index is 0.000000348. The highest BCUT2D eigenvalue weighted by molar-refractivity contribution is 6.15. The monoisotopic (exact) mass is 808 g/mol. The van der Waals surface area contributed by atoms with Crippen LogP contribution in [-0.2, 0) is 41.8 Å². The first-order valence-electron chi connectivity index (χ1n) is 17.6. The van der Waals surface area contributed by atoms with Crippen LogP contribution in [0, 0.1) is 5.92 Å². The third-order valence-electron chi connectivity index (χ3n) is 7.47. The van der Waals surface area contributed by atoms with E-state index in [-0.39, 0.29) is 25.7 Å². The molecule has 0 radical (unpaired) electrons. The average Bonchev–Trinajstić information content (AvgIpc) is 3.23. The van der Waals surface area contributed by atoms with Gasteiger partial charge in [-0.1, -0.05) is 111 Å². The third kappa shape index (κ3) is 19.9. The number of nitrogens with one attached hydrogen (secondary N) is 6. The Morgan fingerprint density at radius 3 is 1.46 bits per heavy atom. The first-order valence-corrected chi connectivity index (χ1v) is 18.0. The zero-order chi connectivity index (χ0) is 41.8. The Morgan fingerprint density at radius 2 is 1.04 bits per heavy atom. The Labute approximate surface area is 336 Å². The molecule has 5 amide bonds. The number of hydrogen-bond donors (Lipinski definition) is 8. The van der Waals surface area contributed by atoms with Crippen LogP contribution in [-0.4, -0.2) is 71.3 Å². The van der Waals surface area contributed by atoms with Crippen molar-refractivity contribution in [1.29, 1.82) is 0 Å². The fraction of sp³-hybridized carbons (Fsp3) is 0.275. The van der Waals surface area contributed by atoms with Crippen molar-refractivity contribution in [3.05, 3.63) is 132 Å². The van der Waals surface area contributed by atoms with Crippen LogP contribution in [0.1, 0.15) is 31.9 Å². The summed E-state index contributed by atoms with van der Waals surface area (Å²) in [6.07, 6.45) is 0.332. The van der Waals surface area contributed by atoms with E-state index >= 15 is 0 Å². The van der Waals surface area contributed by atoms with Crippen molar-refractivity contribution in [2.24, 2.45) is 5.92 Å². The lowest BCUT2D eigenvalue weighted by Gasteiger charge is -2.18. The number of hydrogen-bond acceptors (Lipinski definition) is 11. The van der Waals surface area contributed by atoms with Gasteiger partial charge in [0.15, 0.2) is 13.2 Å². The summed E-state index contributed by atoms with van der Waals surface area (Å²) in [5.74, 6) is -1.26. The van der Waals surface area contributed by atoms with E-state index < -0.39 is 47.7 Å². The van der Waals surface area contributed by atoms with Gasteiger partial charge in [-0.25, -0.2) is 21.3 Å². The lowest BCUT2D eigenvalue weighted by atomic mass is 10.1. The fourth-order valence-corrected chi connectivity index (χ4v) is 4.81. The molecule has 0 bridgehead atoms. The molecule has 17 heteroatoms. The number of carbonyl (C=O) groups is 5. The topological polar surface area (TPSA) is 226 Å². The molecule has 4 aromatic rings. The van der Waals surface area contributed by atoms with Gasteiger partial charge in [0, 0.05) is 6.42 Å². The van der Waals surface area contributed by atoms with E-state index in [1.807, 2.05) is 98.8 Å². The van der Waals surface area contributed by atoms with E-state index in [0.29, 0.717) is 17.9 Å². The SMILES string of the molecule is CC(C)C(NCl)C(=O)NO.CC(NC(=O)COc1ccccc1)C(=O)NO.O=C(COc1ccccc1)NC(Cc1ccccc1)C(=O)NOCc1ccccc1. The number of rotatable bonds is 18. The smallest absolute Gasteiger partial charge is 0.266 e. The molecule has 4 aromatic carbocycles. The molecule has 4 rings (SSSR count). The van der Waals surface area contributed by atoms with Crippen LogP contribution in [0.15, 0.2) is 121 Å². The number of ether oxygens (including phenoxy) is 2. The Hall–Kier alpha value is -6.04. The lowest BCUT2D eigenvalue weighted by Crippen LogP contribution is -2.49. The van der Waals surface area contributed by atoms with Crippen molar-refractivity contribution < 1.29 is 48.7 Å². The van der Waals surface area contributed by atoms with Crippen molar-refractivity contribution in [2.75, 3.05) is 13.2 Å². The number of benzene rings is 4. The van der Waals surface area contributed by atoms with Crippen molar-refractivity contribution in [3.8, 4) is 11.5 Å². The predicted octanol–water partition coefficient (Wildman–Crippen LogP) is 3.38. The van der Waals surface area contributed by atoms with Crippen LogP contribution in [0.2, 0.25) is 0 Å². The molecule has 3 atom stereocenters. The maximum Gasteiger partial charge on any atom is 0.266 e. The second-order valence-electron chi connectivity index (χ2n) is 12.3. The van der Waals surface area contributed by atoms with Crippen molar-refractivity contribution in [3.63, 3.8) is 0 Å². The molecule has 0 fully saturated rings. The first-order chi connectivity index (χ1) is 27.5. The zero-order valence-electron chi connectivity index (χ0n) is 31.7. The number of para-hydroxylation sites is 2. The minimum absolute atomic E-state index is 0.0460. The van der Waals surface area contributed by atoms with Crippen molar-refractivity contribution in [2.45, 2.75) is 51.9 Å². The van der Waals surface area contributed by atoms with Crippen molar-refractivity contribution >= 4 is 41.3 Å². The molecular weight excluding hydrogens is 760 g/mol. The molecule has 0 aliphatic carbocycles. The highest BCUT2D eigenvalue weighted by atomic mass is 35.5. The lowest BCUT2D eigenvalue weighted by molar-refractivity contribution is -0.139. The molecule has 57 heavy (non-hydrogen) atoms. The van der Waals surface area contributed by atoms with Crippen LogP contribution in [0.5, 0.6) is 11.5 Å². The van der Waals surface area contributed by atoms with Gasteiger partial charge in [0.2, 0.25) is 0 Å². The van der Waals surface area contributed by atoms with E-state index in [9.17, 15) is 24.0 Å². The summed E-state index contributed by atoms with van der Waals surface area (Å²) in [5, 5.41) is 21.6. The highest BCUT2D eigenvalue weighted by Gasteiger charge is 2.22. The molecule has 0 aliphatic rings. The number of hydroxylamine groups is 3. The summed E-state index contributed by atoms with van der Waals surface area (Å²) in [6, 6.07) is 34.7. The maximum atomic E-state index is 12.7. The first kappa shape index (κ1) is 47.1. The normalized spacial score (nSPS) is 11.7. The molecule has 0 spiro atoms. The summed E-state index contributed by atoms with van der Waals surface area (Å²) in [5.41, 5.74) is 7.25.